The first-order chi connectivity index (χ1) is 9.16. The van der Waals surface area contributed by atoms with E-state index < -0.39 is 0 Å². The van der Waals surface area contributed by atoms with E-state index in [0.29, 0.717) is 29.2 Å². The van der Waals surface area contributed by atoms with Crippen molar-refractivity contribution in [2.45, 2.75) is 0 Å². The van der Waals surface area contributed by atoms with Gasteiger partial charge in [0.25, 0.3) is 5.91 Å². The molecule has 1 aliphatic heterocycles. The van der Waals surface area contributed by atoms with Crippen LogP contribution in [0, 0.1) is 0 Å². The first-order valence-corrected chi connectivity index (χ1v) is 6.67. The van der Waals surface area contributed by atoms with Crippen molar-refractivity contribution < 1.29 is 9.59 Å². The summed E-state index contributed by atoms with van der Waals surface area (Å²) in [6, 6.07) is 3.68. The van der Waals surface area contributed by atoms with E-state index in [1.165, 1.54) is 16.2 Å². The number of carbonyl (C=O) groups excluding carboxylic acids is 2. The number of nitrogens with two attached hydrogens (primary N) is 1. The lowest BCUT2D eigenvalue weighted by atomic mass is 10.2. The maximum Gasteiger partial charge on any atom is 0.266 e. The number of nitrogen functional groups attached to an aromatic ring is 1. The van der Waals surface area contributed by atoms with Gasteiger partial charge in [-0.15, -0.1) is 11.3 Å². The molecule has 3 heterocycles. The van der Waals surface area contributed by atoms with Gasteiger partial charge in [0, 0.05) is 19.3 Å². The second-order valence-electron chi connectivity index (χ2n) is 4.27. The van der Waals surface area contributed by atoms with E-state index in [2.05, 4.69) is 10.3 Å². The van der Waals surface area contributed by atoms with Crippen LogP contribution in [0.25, 0.3) is 10.2 Å². The van der Waals surface area contributed by atoms with Gasteiger partial charge in [-0.05, 0) is 12.1 Å². The van der Waals surface area contributed by atoms with Gasteiger partial charge in [0.1, 0.15) is 10.4 Å². The molecule has 2 aromatic heterocycles. The third-order valence-electron chi connectivity index (χ3n) is 3.00. The molecule has 1 fully saturated rings. The SMILES string of the molecule is Nc1c(C(=O)N2CCNC(=O)C2)sc2cccnc12. The van der Waals surface area contributed by atoms with Crippen LogP contribution in [0.2, 0.25) is 0 Å². The van der Waals surface area contributed by atoms with Gasteiger partial charge in [-0.1, -0.05) is 0 Å². The molecule has 0 saturated carbocycles. The largest absolute Gasteiger partial charge is 0.396 e. The second-order valence-corrected chi connectivity index (χ2v) is 5.32. The predicted molar refractivity (Wildman–Crippen MR) is 72.9 cm³/mol. The van der Waals surface area contributed by atoms with Crippen LogP contribution >= 0.6 is 11.3 Å². The molecule has 0 spiro atoms. The minimum Gasteiger partial charge on any atom is -0.396 e. The predicted octanol–water partition coefficient (Wildman–Crippen LogP) is 0.450. The molecule has 2 aromatic rings. The molecule has 19 heavy (non-hydrogen) atoms. The maximum atomic E-state index is 12.4. The van der Waals surface area contributed by atoms with Gasteiger partial charge in [-0.25, -0.2) is 0 Å². The zero-order valence-corrected chi connectivity index (χ0v) is 10.9. The van der Waals surface area contributed by atoms with Gasteiger partial charge in [-0.2, -0.15) is 0 Å². The van der Waals surface area contributed by atoms with E-state index >= 15 is 0 Å². The third kappa shape index (κ3) is 2.01. The quantitative estimate of drug-likeness (QED) is 0.791. The van der Waals surface area contributed by atoms with Crippen LogP contribution in [0.1, 0.15) is 9.67 Å². The van der Waals surface area contributed by atoms with E-state index in [4.69, 9.17) is 5.73 Å². The molecule has 0 unspecified atom stereocenters. The summed E-state index contributed by atoms with van der Waals surface area (Å²) >= 11 is 1.32. The number of rotatable bonds is 1. The van der Waals surface area contributed by atoms with Crippen LogP contribution in [-0.2, 0) is 4.79 Å². The number of hydrogen-bond acceptors (Lipinski definition) is 5. The molecule has 2 amide bonds. The van der Waals surface area contributed by atoms with E-state index in [9.17, 15) is 9.59 Å². The van der Waals surface area contributed by atoms with Crippen LogP contribution in [0.5, 0.6) is 0 Å². The monoisotopic (exact) mass is 276 g/mol. The molecule has 7 heteroatoms. The van der Waals surface area contributed by atoms with E-state index in [1.807, 2.05) is 6.07 Å². The van der Waals surface area contributed by atoms with Crippen molar-refractivity contribution in [1.82, 2.24) is 15.2 Å². The molecular weight excluding hydrogens is 264 g/mol. The smallest absolute Gasteiger partial charge is 0.266 e. The molecular formula is C12H12N4O2S. The molecule has 98 valence electrons. The van der Waals surface area contributed by atoms with Crippen LogP contribution in [0.3, 0.4) is 0 Å². The number of amides is 2. The Labute approximate surface area is 113 Å². The van der Waals surface area contributed by atoms with E-state index in [-0.39, 0.29) is 18.4 Å². The second kappa shape index (κ2) is 4.51. The van der Waals surface area contributed by atoms with Gasteiger partial charge in [0.05, 0.1) is 16.9 Å². The zero-order valence-electron chi connectivity index (χ0n) is 10.0. The van der Waals surface area contributed by atoms with Crippen molar-refractivity contribution >= 4 is 39.1 Å². The number of carbonyl (C=O) groups is 2. The number of anilines is 1. The highest BCUT2D eigenvalue weighted by atomic mass is 32.1. The van der Waals surface area contributed by atoms with Gasteiger partial charge in [-0.3, -0.25) is 14.6 Å². The summed E-state index contributed by atoms with van der Waals surface area (Å²) in [4.78, 5) is 29.9. The molecule has 1 aliphatic rings. The lowest BCUT2D eigenvalue weighted by molar-refractivity contribution is -0.123. The van der Waals surface area contributed by atoms with Crippen molar-refractivity contribution in [2.75, 3.05) is 25.4 Å². The molecule has 0 bridgehead atoms. The minimum absolute atomic E-state index is 0.0833. The highest BCUT2D eigenvalue weighted by Crippen LogP contribution is 2.32. The van der Waals surface area contributed by atoms with Gasteiger partial charge in [0.15, 0.2) is 0 Å². The van der Waals surface area contributed by atoms with Crippen molar-refractivity contribution in [3.63, 3.8) is 0 Å². The number of hydrogen-bond donors (Lipinski definition) is 2. The first-order valence-electron chi connectivity index (χ1n) is 5.86. The molecule has 0 atom stereocenters. The Morgan fingerprint density at radius 2 is 2.37 bits per heavy atom. The summed E-state index contributed by atoms with van der Waals surface area (Å²) in [5, 5.41) is 2.69. The standard InChI is InChI=1S/C12H12N4O2S/c13-9-10-7(2-1-3-15-10)19-11(9)12(18)16-5-4-14-8(17)6-16/h1-3H,4-6,13H2,(H,14,17). The van der Waals surface area contributed by atoms with E-state index in [0.717, 1.165) is 4.70 Å². The lowest BCUT2D eigenvalue weighted by Gasteiger charge is -2.26. The molecule has 3 N–H and O–H groups in total. The fourth-order valence-electron chi connectivity index (χ4n) is 2.06. The van der Waals surface area contributed by atoms with Crippen molar-refractivity contribution in [3.05, 3.63) is 23.2 Å². The number of thiophene rings is 1. The average Bonchev–Trinajstić information content (AvgIpc) is 2.76. The Bertz CT molecular complexity index is 667. The minimum atomic E-state index is -0.199. The molecule has 3 rings (SSSR count). The zero-order chi connectivity index (χ0) is 13.4. The number of aromatic nitrogens is 1. The van der Waals surface area contributed by atoms with Crippen LogP contribution in [0.15, 0.2) is 18.3 Å². The Hall–Kier alpha value is -2.15. The van der Waals surface area contributed by atoms with Crippen molar-refractivity contribution in [3.8, 4) is 0 Å². The van der Waals surface area contributed by atoms with Gasteiger partial charge in [0.2, 0.25) is 5.91 Å². The normalized spacial score (nSPS) is 15.6. The van der Waals surface area contributed by atoms with Crippen LogP contribution in [-0.4, -0.2) is 41.3 Å². The summed E-state index contributed by atoms with van der Waals surface area (Å²) in [5.41, 5.74) is 7.03. The first kappa shape index (κ1) is 11.9. The topological polar surface area (TPSA) is 88.3 Å². The molecule has 0 aliphatic carbocycles. The highest BCUT2D eigenvalue weighted by molar-refractivity contribution is 7.21. The summed E-state index contributed by atoms with van der Waals surface area (Å²) in [7, 11) is 0. The molecule has 0 radical (unpaired) electrons. The summed E-state index contributed by atoms with van der Waals surface area (Å²) in [6.07, 6.45) is 1.65. The summed E-state index contributed by atoms with van der Waals surface area (Å²) in [6.45, 7) is 1.07. The Balaban J connectivity index is 1.97. The van der Waals surface area contributed by atoms with Crippen molar-refractivity contribution in [1.29, 1.82) is 0 Å². The van der Waals surface area contributed by atoms with Crippen molar-refractivity contribution in [2.24, 2.45) is 0 Å². The Kier molecular flexibility index (Phi) is 2.83. The van der Waals surface area contributed by atoms with Gasteiger partial charge >= 0.3 is 0 Å². The number of fused-ring (bicyclic) bond motifs is 1. The van der Waals surface area contributed by atoms with Crippen LogP contribution < -0.4 is 11.1 Å². The third-order valence-corrected chi connectivity index (χ3v) is 4.15. The maximum absolute atomic E-state index is 12.4. The number of pyridine rings is 1. The van der Waals surface area contributed by atoms with E-state index in [1.54, 1.807) is 12.3 Å². The molecule has 1 saturated heterocycles. The average molecular weight is 276 g/mol. The fraction of sp³-hybridized carbons (Fsp3) is 0.250. The molecule has 6 nitrogen and oxygen atoms in total. The number of piperazine rings is 1. The number of nitrogens with one attached hydrogen (secondary N) is 1. The van der Waals surface area contributed by atoms with Gasteiger partial charge < -0.3 is 16.0 Å². The summed E-state index contributed by atoms with van der Waals surface area (Å²) in [5.74, 6) is -0.340. The highest BCUT2D eigenvalue weighted by Gasteiger charge is 2.26. The Morgan fingerprint density at radius 3 is 3.11 bits per heavy atom. The van der Waals surface area contributed by atoms with Crippen LogP contribution in [0.4, 0.5) is 5.69 Å². The lowest BCUT2D eigenvalue weighted by Crippen LogP contribution is -2.49. The Morgan fingerprint density at radius 1 is 1.53 bits per heavy atom. The fourth-order valence-corrected chi connectivity index (χ4v) is 3.11. The number of nitrogens with zero attached hydrogens (tertiary/aromatic N) is 2. The summed E-state index contributed by atoms with van der Waals surface area (Å²) < 4.78 is 0.879. The molecule has 0 aromatic carbocycles.